The average Bonchev–Trinajstić information content (AvgIpc) is 3.65. The van der Waals surface area contributed by atoms with Crippen LogP contribution in [-0.4, -0.2) is 65.8 Å². The molecular weight excluding hydrogens is 493 g/mol. The largest absolute Gasteiger partial charge is 0.494 e. The topological polar surface area (TPSA) is 131 Å². The van der Waals surface area contributed by atoms with E-state index in [1.54, 1.807) is 34.9 Å². The zero-order valence-corrected chi connectivity index (χ0v) is 20.2. The lowest BCUT2D eigenvalue weighted by Gasteiger charge is -2.19. The standard InChI is InChI=1S/C23H22FN5O6S/c1-32-16-5-3-6-17(33-2)21(16)29-20(27-28-23(29)18-7-4-8-35-18)13-36(30,31)19-12-34-11-15(19)22-25-9-14(24)10-26-22/h3-10,15,19H,11-13H2,1-2H3/t15-,19-/m0/s1. The number of benzene rings is 1. The van der Waals surface area contributed by atoms with Crippen LogP contribution in [0, 0.1) is 5.82 Å². The van der Waals surface area contributed by atoms with Gasteiger partial charge in [0.2, 0.25) is 5.82 Å². The lowest BCUT2D eigenvalue weighted by molar-refractivity contribution is 0.193. The molecule has 13 heteroatoms. The smallest absolute Gasteiger partial charge is 0.204 e. The summed E-state index contributed by atoms with van der Waals surface area (Å²) in [5.74, 6) is 0.0631. The lowest BCUT2D eigenvalue weighted by atomic mass is 10.1. The van der Waals surface area contributed by atoms with E-state index in [2.05, 4.69) is 20.2 Å². The molecule has 36 heavy (non-hydrogen) atoms. The molecule has 0 saturated carbocycles. The maximum atomic E-state index is 13.7. The second-order valence-electron chi connectivity index (χ2n) is 8.01. The molecule has 4 heterocycles. The number of para-hydroxylation sites is 1. The predicted molar refractivity (Wildman–Crippen MR) is 124 cm³/mol. The van der Waals surface area contributed by atoms with E-state index in [1.807, 2.05) is 0 Å². The summed E-state index contributed by atoms with van der Waals surface area (Å²) in [6, 6.07) is 8.56. The first-order valence-corrected chi connectivity index (χ1v) is 12.6. The molecule has 0 amide bonds. The molecule has 0 radical (unpaired) electrons. The zero-order chi connectivity index (χ0) is 25.3. The highest BCUT2D eigenvalue weighted by molar-refractivity contribution is 7.91. The fraction of sp³-hybridized carbons (Fsp3) is 0.304. The fourth-order valence-electron chi connectivity index (χ4n) is 4.19. The SMILES string of the molecule is COc1cccc(OC)c1-n1c(CS(=O)(=O)[C@H]2COC[C@@H]2c2ncc(F)cn2)nnc1-c1ccco1. The second-order valence-corrected chi connectivity index (χ2v) is 10.2. The summed E-state index contributed by atoms with van der Waals surface area (Å²) in [4.78, 5) is 7.94. The summed E-state index contributed by atoms with van der Waals surface area (Å²) in [6.45, 7) is 0.0467. The minimum atomic E-state index is -3.88. The lowest BCUT2D eigenvalue weighted by Crippen LogP contribution is -2.30. The highest BCUT2D eigenvalue weighted by atomic mass is 32.2. The maximum absolute atomic E-state index is 13.7. The van der Waals surface area contributed by atoms with Crippen molar-refractivity contribution in [2.75, 3.05) is 27.4 Å². The number of aromatic nitrogens is 5. The predicted octanol–water partition coefficient (Wildman–Crippen LogP) is 2.57. The van der Waals surface area contributed by atoms with Gasteiger partial charge in [-0.15, -0.1) is 10.2 Å². The Hall–Kier alpha value is -3.84. The van der Waals surface area contributed by atoms with Gasteiger partial charge in [-0.05, 0) is 24.3 Å². The Morgan fingerprint density at radius 2 is 1.78 bits per heavy atom. The quantitative estimate of drug-likeness (QED) is 0.345. The van der Waals surface area contributed by atoms with E-state index in [9.17, 15) is 12.8 Å². The number of halogens is 1. The summed E-state index contributed by atoms with van der Waals surface area (Å²) in [6.07, 6.45) is 3.49. The third kappa shape index (κ3) is 4.31. The molecule has 0 unspecified atom stereocenters. The van der Waals surface area contributed by atoms with E-state index >= 15 is 0 Å². The molecule has 0 aliphatic carbocycles. The van der Waals surface area contributed by atoms with E-state index in [0.717, 1.165) is 12.4 Å². The maximum Gasteiger partial charge on any atom is 0.204 e. The Balaban J connectivity index is 1.59. The van der Waals surface area contributed by atoms with Crippen LogP contribution in [0.4, 0.5) is 4.39 Å². The van der Waals surface area contributed by atoms with Crippen molar-refractivity contribution in [2.45, 2.75) is 16.9 Å². The Labute approximate surface area is 205 Å². The molecule has 4 aromatic rings. The number of nitrogens with zero attached hydrogens (tertiary/aromatic N) is 5. The summed E-state index contributed by atoms with van der Waals surface area (Å²) < 4.78 is 64.3. The van der Waals surface area contributed by atoms with Gasteiger partial charge in [-0.1, -0.05) is 6.07 Å². The number of methoxy groups -OCH3 is 2. The van der Waals surface area contributed by atoms with Crippen LogP contribution in [0.3, 0.4) is 0 Å². The van der Waals surface area contributed by atoms with Gasteiger partial charge in [-0.3, -0.25) is 4.57 Å². The molecule has 1 aliphatic heterocycles. The van der Waals surface area contributed by atoms with Gasteiger partial charge in [0, 0.05) is 0 Å². The molecule has 188 valence electrons. The molecule has 0 N–H and O–H groups in total. The Bertz CT molecular complexity index is 1430. The van der Waals surface area contributed by atoms with Crippen molar-refractivity contribution in [3.8, 4) is 28.8 Å². The van der Waals surface area contributed by atoms with Crippen molar-refractivity contribution in [2.24, 2.45) is 0 Å². The summed E-state index contributed by atoms with van der Waals surface area (Å²) >= 11 is 0. The van der Waals surface area contributed by atoms with E-state index in [1.165, 1.54) is 20.5 Å². The molecule has 1 aromatic carbocycles. The van der Waals surface area contributed by atoms with Crippen LogP contribution < -0.4 is 9.47 Å². The summed E-state index contributed by atoms with van der Waals surface area (Å²) in [7, 11) is -0.890. The molecule has 5 rings (SSSR count). The normalized spacial score (nSPS) is 17.9. The van der Waals surface area contributed by atoms with Gasteiger partial charge >= 0.3 is 0 Å². The number of sulfone groups is 1. The van der Waals surface area contributed by atoms with Crippen molar-refractivity contribution in [1.29, 1.82) is 0 Å². The molecule has 0 spiro atoms. The van der Waals surface area contributed by atoms with E-state index in [-0.39, 0.29) is 30.7 Å². The molecule has 1 aliphatic rings. The fourth-order valence-corrected chi connectivity index (χ4v) is 5.96. The van der Waals surface area contributed by atoms with Gasteiger partial charge in [0.15, 0.2) is 27.2 Å². The van der Waals surface area contributed by atoms with Crippen molar-refractivity contribution < 1.29 is 31.4 Å². The Morgan fingerprint density at radius 1 is 1.06 bits per heavy atom. The van der Waals surface area contributed by atoms with Gasteiger partial charge in [0.1, 0.15) is 28.8 Å². The van der Waals surface area contributed by atoms with Crippen LogP contribution >= 0.6 is 0 Å². The zero-order valence-electron chi connectivity index (χ0n) is 19.4. The van der Waals surface area contributed by atoms with Crippen LogP contribution in [0.25, 0.3) is 17.3 Å². The third-order valence-corrected chi connectivity index (χ3v) is 7.94. The summed E-state index contributed by atoms with van der Waals surface area (Å²) in [5.41, 5.74) is 0.421. The first-order valence-electron chi connectivity index (χ1n) is 10.9. The van der Waals surface area contributed by atoms with Crippen LogP contribution in [0.5, 0.6) is 11.5 Å². The molecular formula is C23H22FN5O6S. The average molecular weight is 516 g/mol. The van der Waals surface area contributed by atoms with Crippen LogP contribution in [0.1, 0.15) is 17.6 Å². The van der Waals surface area contributed by atoms with Crippen molar-refractivity contribution in [1.82, 2.24) is 24.7 Å². The van der Waals surface area contributed by atoms with Crippen LogP contribution in [-0.2, 0) is 20.3 Å². The third-order valence-electron chi connectivity index (χ3n) is 5.89. The summed E-state index contributed by atoms with van der Waals surface area (Å²) in [5, 5.41) is 7.48. The van der Waals surface area contributed by atoms with Crippen LogP contribution in [0.15, 0.2) is 53.4 Å². The molecule has 1 saturated heterocycles. The minimum absolute atomic E-state index is 0.0507. The van der Waals surface area contributed by atoms with Gasteiger partial charge in [-0.2, -0.15) is 0 Å². The Kier molecular flexibility index (Phi) is 6.41. The first kappa shape index (κ1) is 23.9. The van der Waals surface area contributed by atoms with Gasteiger partial charge in [0.05, 0.1) is 57.3 Å². The number of hydrogen-bond donors (Lipinski definition) is 0. The molecule has 0 bridgehead atoms. The molecule has 3 aromatic heterocycles. The van der Waals surface area contributed by atoms with E-state index in [4.69, 9.17) is 18.6 Å². The number of ether oxygens (including phenoxy) is 3. The van der Waals surface area contributed by atoms with E-state index in [0.29, 0.717) is 22.9 Å². The minimum Gasteiger partial charge on any atom is -0.494 e. The molecule has 2 atom stereocenters. The number of hydrogen-bond acceptors (Lipinski definition) is 10. The van der Waals surface area contributed by atoms with Gasteiger partial charge in [0.25, 0.3) is 0 Å². The highest BCUT2D eigenvalue weighted by Gasteiger charge is 2.42. The van der Waals surface area contributed by atoms with Crippen LogP contribution in [0.2, 0.25) is 0 Å². The molecule has 11 nitrogen and oxygen atoms in total. The highest BCUT2D eigenvalue weighted by Crippen LogP contribution is 2.37. The number of rotatable bonds is 8. The van der Waals surface area contributed by atoms with Crippen molar-refractivity contribution in [3.05, 3.63) is 66.5 Å². The first-order chi connectivity index (χ1) is 17.4. The van der Waals surface area contributed by atoms with Crippen molar-refractivity contribution in [3.63, 3.8) is 0 Å². The Morgan fingerprint density at radius 3 is 2.42 bits per heavy atom. The van der Waals surface area contributed by atoms with Gasteiger partial charge in [-0.25, -0.2) is 22.8 Å². The number of furan rings is 1. The molecule has 1 fully saturated rings. The monoisotopic (exact) mass is 515 g/mol. The van der Waals surface area contributed by atoms with Gasteiger partial charge < -0.3 is 18.6 Å². The second kappa shape index (κ2) is 9.66. The van der Waals surface area contributed by atoms with Crippen molar-refractivity contribution >= 4 is 9.84 Å². The van der Waals surface area contributed by atoms with E-state index < -0.39 is 32.6 Å².